The molecule has 34 heavy (non-hydrogen) atoms. The molecule has 1 atom stereocenters. The summed E-state index contributed by atoms with van der Waals surface area (Å²) in [6.45, 7) is -0.0960. The van der Waals surface area contributed by atoms with Crippen molar-refractivity contribution >= 4 is 34.9 Å². The number of carbonyl (C=O) groups excluding carboxylic acids is 2. The Labute approximate surface area is 198 Å². The maximum atomic E-state index is 12.6. The van der Waals surface area contributed by atoms with Crippen LogP contribution in [0.2, 0.25) is 0 Å². The molecule has 0 aromatic heterocycles. The molecule has 0 amide bonds. The SMILES string of the molecule is O=C(C=Cc1ccccc1)OC[C@H](OC(=O)/C=C/c1ccccc1)c1ccc2ccccc2c1. The van der Waals surface area contributed by atoms with Gasteiger partial charge in [-0.05, 0) is 45.7 Å². The van der Waals surface area contributed by atoms with Gasteiger partial charge in [-0.1, -0.05) is 97.1 Å². The Bertz CT molecular complexity index is 1310. The standard InChI is InChI=1S/C30H24O4/c31-29(19-15-23-9-3-1-4-10-23)33-22-28(27-18-17-25-13-7-8-14-26(25)21-27)34-30(32)20-16-24-11-5-2-6-12-24/h1-21,28H,22H2/b19-15?,20-16+/t28-/m0/s1. The first-order valence-corrected chi connectivity index (χ1v) is 11.0. The van der Waals surface area contributed by atoms with Crippen LogP contribution in [0.1, 0.15) is 22.8 Å². The summed E-state index contributed by atoms with van der Waals surface area (Å²) in [6, 6.07) is 32.7. The fraction of sp³-hybridized carbons (Fsp3) is 0.0667. The largest absolute Gasteiger partial charge is 0.458 e. The van der Waals surface area contributed by atoms with Crippen LogP contribution in [0.3, 0.4) is 0 Å². The van der Waals surface area contributed by atoms with E-state index < -0.39 is 18.0 Å². The highest BCUT2D eigenvalue weighted by atomic mass is 16.6. The lowest BCUT2D eigenvalue weighted by Crippen LogP contribution is -2.17. The van der Waals surface area contributed by atoms with Crippen molar-refractivity contribution in [1.29, 1.82) is 0 Å². The Kier molecular flexibility index (Phi) is 7.65. The summed E-state index contributed by atoms with van der Waals surface area (Å²) in [6.07, 6.45) is 5.37. The van der Waals surface area contributed by atoms with Crippen molar-refractivity contribution < 1.29 is 19.1 Å². The van der Waals surface area contributed by atoms with Crippen LogP contribution in [-0.2, 0) is 19.1 Å². The van der Waals surface area contributed by atoms with Crippen molar-refractivity contribution in [1.82, 2.24) is 0 Å². The predicted octanol–water partition coefficient (Wildman–Crippen LogP) is 6.39. The van der Waals surface area contributed by atoms with Gasteiger partial charge in [-0.25, -0.2) is 9.59 Å². The molecule has 168 valence electrons. The van der Waals surface area contributed by atoms with Gasteiger partial charge in [0.1, 0.15) is 6.61 Å². The number of fused-ring (bicyclic) bond motifs is 1. The minimum atomic E-state index is -0.744. The fourth-order valence-electron chi connectivity index (χ4n) is 3.45. The molecule has 0 aliphatic carbocycles. The quantitative estimate of drug-likeness (QED) is 0.231. The van der Waals surface area contributed by atoms with Gasteiger partial charge in [-0.2, -0.15) is 0 Å². The molecule has 4 aromatic carbocycles. The molecule has 0 fully saturated rings. The molecule has 0 aliphatic heterocycles. The predicted molar refractivity (Wildman–Crippen MR) is 135 cm³/mol. The molecule has 0 heterocycles. The van der Waals surface area contributed by atoms with Crippen LogP contribution in [0.25, 0.3) is 22.9 Å². The van der Waals surface area contributed by atoms with E-state index in [2.05, 4.69) is 0 Å². The molecule has 4 heteroatoms. The van der Waals surface area contributed by atoms with Gasteiger partial charge in [0, 0.05) is 12.2 Å². The normalized spacial score (nSPS) is 12.1. The second kappa shape index (κ2) is 11.4. The van der Waals surface area contributed by atoms with E-state index in [1.807, 2.05) is 103 Å². The number of rotatable bonds is 8. The summed E-state index contributed by atoms with van der Waals surface area (Å²) in [5.41, 5.74) is 2.53. The van der Waals surface area contributed by atoms with Gasteiger partial charge in [-0.15, -0.1) is 0 Å². The van der Waals surface area contributed by atoms with Crippen molar-refractivity contribution in [3.05, 3.63) is 132 Å². The minimum Gasteiger partial charge on any atom is -0.458 e. The molecule has 0 saturated carbocycles. The van der Waals surface area contributed by atoms with Gasteiger partial charge in [-0.3, -0.25) is 0 Å². The highest BCUT2D eigenvalue weighted by molar-refractivity contribution is 5.88. The maximum Gasteiger partial charge on any atom is 0.331 e. The van der Waals surface area contributed by atoms with Crippen LogP contribution < -0.4 is 0 Å². The summed E-state index contributed by atoms with van der Waals surface area (Å²) < 4.78 is 11.1. The highest BCUT2D eigenvalue weighted by Gasteiger charge is 2.18. The van der Waals surface area contributed by atoms with E-state index >= 15 is 0 Å². The summed E-state index contributed by atoms with van der Waals surface area (Å²) >= 11 is 0. The van der Waals surface area contributed by atoms with E-state index in [4.69, 9.17) is 9.47 Å². The molecule has 0 unspecified atom stereocenters. The lowest BCUT2D eigenvalue weighted by Gasteiger charge is -2.18. The summed E-state index contributed by atoms with van der Waals surface area (Å²) in [4.78, 5) is 24.9. The average Bonchev–Trinajstić information content (AvgIpc) is 2.89. The second-order valence-corrected chi connectivity index (χ2v) is 7.65. The Morgan fingerprint density at radius 1 is 0.647 bits per heavy atom. The lowest BCUT2D eigenvalue weighted by molar-refractivity contribution is -0.153. The maximum absolute atomic E-state index is 12.6. The van der Waals surface area contributed by atoms with Gasteiger partial charge >= 0.3 is 11.9 Å². The molecule has 0 aliphatic rings. The third-order valence-corrected chi connectivity index (χ3v) is 5.20. The fourth-order valence-corrected chi connectivity index (χ4v) is 3.45. The molecule has 4 rings (SSSR count). The molecule has 0 radical (unpaired) electrons. The Hall–Kier alpha value is -4.44. The van der Waals surface area contributed by atoms with Crippen molar-refractivity contribution in [2.45, 2.75) is 6.10 Å². The van der Waals surface area contributed by atoms with Crippen molar-refractivity contribution in [2.24, 2.45) is 0 Å². The first kappa shape index (κ1) is 22.7. The van der Waals surface area contributed by atoms with E-state index in [9.17, 15) is 9.59 Å². The van der Waals surface area contributed by atoms with Crippen molar-refractivity contribution in [2.75, 3.05) is 6.61 Å². The topological polar surface area (TPSA) is 52.6 Å². The molecule has 4 nitrogen and oxygen atoms in total. The zero-order chi connectivity index (χ0) is 23.6. The van der Waals surface area contributed by atoms with E-state index in [0.29, 0.717) is 0 Å². The molecule has 4 aromatic rings. The minimum absolute atomic E-state index is 0.0960. The van der Waals surface area contributed by atoms with Gasteiger partial charge in [0.05, 0.1) is 0 Å². The molecule has 0 spiro atoms. The first-order chi connectivity index (χ1) is 16.7. The van der Waals surface area contributed by atoms with E-state index in [-0.39, 0.29) is 6.61 Å². The number of benzene rings is 4. The summed E-state index contributed by atoms with van der Waals surface area (Å²) in [7, 11) is 0. The van der Waals surface area contributed by atoms with Crippen LogP contribution in [-0.4, -0.2) is 18.5 Å². The number of carbonyl (C=O) groups is 2. The molecular formula is C30H24O4. The van der Waals surface area contributed by atoms with Crippen molar-refractivity contribution in [3.63, 3.8) is 0 Å². The van der Waals surface area contributed by atoms with E-state index in [0.717, 1.165) is 27.5 Å². The average molecular weight is 449 g/mol. The lowest BCUT2D eigenvalue weighted by atomic mass is 10.0. The number of ether oxygens (including phenoxy) is 2. The number of hydrogen-bond donors (Lipinski definition) is 0. The van der Waals surface area contributed by atoms with Crippen LogP contribution >= 0.6 is 0 Å². The summed E-state index contributed by atoms with van der Waals surface area (Å²) in [5.74, 6) is -1.02. The second-order valence-electron chi connectivity index (χ2n) is 7.65. The van der Waals surface area contributed by atoms with Gasteiger partial charge < -0.3 is 9.47 Å². The van der Waals surface area contributed by atoms with E-state index in [1.165, 1.54) is 12.2 Å². The third kappa shape index (κ3) is 6.53. The van der Waals surface area contributed by atoms with Crippen LogP contribution in [0, 0.1) is 0 Å². The Balaban J connectivity index is 1.48. The molecule has 0 saturated heterocycles. The monoisotopic (exact) mass is 448 g/mol. The van der Waals surface area contributed by atoms with Crippen LogP contribution in [0.4, 0.5) is 0 Å². The smallest absolute Gasteiger partial charge is 0.331 e. The van der Waals surface area contributed by atoms with E-state index in [1.54, 1.807) is 12.2 Å². The van der Waals surface area contributed by atoms with Crippen LogP contribution in [0.15, 0.2) is 115 Å². The Morgan fingerprint density at radius 2 is 1.21 bits per heavy atom. The zero-order valence-electron chi connectivity index (χ0n) is 18.5. The third-order valence-electron chi connectivity index (χ3n) is 5.20. The van der Waals surface area contributed by atoms with Crippen molar-refractivity contribution in [3.8, 4) is 0 Å². The number of esters is 2. The van der Waals surface area contributed by atoms with Crippen LogP contribution in [0.5, 0.6) is 0 Å². The van der Waals surface area contributed by atoms with Gasteiger partial charge in [0.15, 0.2) is 6.10 Å². The molecule has 0 bridgehead atoms. The van der Waals surface area contributed by atoms with Gasteiger partial charge in [0.25, 0.3) is 0 Å². The van der Waals surface area contributed by atoms with Gasteiger partial charge in [0.2, 0.25) is 0 Å². The Morgan fingerprint density at radius 3 is 1.85 bits per heavy atom. The molecular weight excluding hydrogens is 424 g/mol. The zero-order valence-corrected chi connectivity index (χ0v) is 18.5. The highest BCUT2D eigenvalue weighted by Crippen LogP contribution is 2.24. The first-order valence-electron chi connectivity index (χ1n) is 11.0. The number of hydrogen-bond acceptors (Lipinski definition) is 4. The molecule has 0 N–H and O–H groups in total. The summed E-state index contributed by atoms with van der Waals surface area (Å²) in [5, 5.41) is 2.08.